The second kappa shape index (κ2) is 14.4. The Labute approximate surface area is 270 Å². The van der Waals surface area contributed by atoms with E-state index < -0.39 is 5.97 Å². The minimum atomic E-state index is -0.582. The van der Waals surface area contributed by atoms with Gasteiger partial charge in [0, 0.05) is 16.7 Å². The number of carbonyl (C=O) groups is 1. The number of halogens is 1. The standard InChI is InChI=1S/C35H30ClN3O7/c1-5-45-29-18-23(12-16-28(29)46-32(40)17-13-22-10-14-25(36)15-11-22)21-37-39-34(38-27-9-7-6-8-26(27)35(39)41)24-19-30(42-2)33(44-4)31(20-24)43-3/h6-21H,5H2,1-4H3/b17-13+,37-21?. The van der Waals surface area contributed by atoms with Crippen molar-refractivity contribution in [1.29, 1.82) is 0 Å². The van der Waals surface area contributed by atoms with Gasteiger partial charge in [-0.3, -0.25) is 4.79 Å². The van der Waals surface area contributed by atoms with Crippen molar-refractivity contribution in [3.63, 3.8) is 0 Å². The first-order valence-corrected chi connectivity index (χ1v) is 14.5. The predicted molar refractivity (Wildman–Crippen MR) is 178 cm³/mol. The molecule has 0 saturated carbocycles. The molecule has 4 aromatic carbocycles. The Morgan fingerprint density at radius 1 is 0.870 bits per heavy atom. The predicted octanol–water partition coefficient (Wildman–Crippen LogP) is 6.64. The fourth-order valence-electron chi connectivity index (χ4n) is 4.59. The number of carbonyl (C=O) groups excluding carboxylic acids is 1. The molecule has 0 aliphatic carbocycles. The van der Waals surface area contributed by atoms with Crippen LogP contribution < -0.4 is 29.2 Å². The molecule has 11 heteroatoms. The molecule has 46 heavy (non-hydrogen) atoms. The quantitative estimate of drug-likeness (QED) is 0.0684. The van der Waals surface area contributed by atoms with Gasteiger partial charge in [0.25, 0.3) is 5.56 Å². The van der Waals surface area contributed by atoms with Gasteiger partial charge >= 0.3 is 5.97 Å². The van der Waals surface area contributed by atoms with Crippen molar-refractivity contribution in [3.05, 3.63) is 111 Å². The highest BCUT2D eigenvalue weighted by Crippen LogP contribution is 2.41. The maximum atomic E-state index is 13.7. The summed E-state index contributed by atoms with van der Waals surface area (Å²) in [6, 6.07) is 22.4. The van der Waals surface area contributed by atoms with Crippen LogP contribution in [0.3, 0.4) is 0 Å². The first-order chi connectivity index (χ1) is 22.3. The fraction of sp³-hybridized carbons (Fsp3) is 0.143. The van der Waals surface area contributed by atoms with Crippen molar-refractivity contribution in [2.75, 3.05) is 27.9 Å². The first kappa shape index (κ1) is 31.8. The molecule has 0 unspecified atom stereocenters. The fourth-order valence-corrected chi connectivity index (χ4v) is 4.72. The van der Waals surface area contributed by atoms with E-state index in [0.717, 1.165) is 5.56 Å². The molecule has 0 N–H and O–H groups in total. The third kappa shape index (κ3) is 7.03. The summed E-state index contributed by atoms with van der Waals surface area (Å²) in [6.45, 7) is 2.14. The lowest BCUT2D eigenvalue weighted by molar-refractivity contribution is -0.129. The average Bonchev–Trinajstić information content (AvgIpc) is 3.08. The summed E-state index contributed by atoms with van der Waals surface area (Å²) in [6.07, 6.45) is 4.44. The Kier molecular flexibility index (Phi) is 9.99. The smallest absolute Gasteiger partial charge is 0.336 e. The highest BCUT2D eigenvalue weighted by Gasteiger charge is 2.19. The summed E-state index contributed by atoms with van der Waals surface area (Å²) in [7, 11) is 4.52. The van der Waals surface area contributed by atoms with E-state index in [-0.39, 0.29) is 17.1 Å². The number of hydrogen-bond acceptors (Lipinski definition) is 9. The summed E-state index contributed by atoms with van der Waals surface area (Å²) in [5.74, 6) is 1.41. The molecule has 234 valence electrons. The molecule has 5 rings (SSSR count). The van der Waals surface area contributed by atoms with E-state index in [0.29, 0.717) is 56.7 Å². The van der Waals surface area contributed by atoms with E-state index in [1.165, 1.54) is 38.3 Å². The Morgan fingerprint density at radius 3 is 2.24 bits per heavy atom. The maximum absolute atomic E-state index is 13.7. The van der Waals surface area contributed by atoms with Crippen LogP contribution in [0.25, 0.3) is 28.4 Å². The number of para-hydroxylation sites is 1. The molecule has 0 amide bonds. The van der Waals surface area contributed by atoms with Crippen LogP contribution in [0.15, 0.2) is 94.8 Å². The van der Waals surface area contributed by atoms with Crippen LogP contribution >= 0.6 is 11.6 Å². The zero-order chi connectivity index (χ0) is 32.6. The summed E-state index contributed by atoms with van der Waals surface area (Å²) in [5, 5.41) is 5.53. The number of esters is 1. The Bertz CT molecular complexity index is 1980. The van der Waals surface area contributed by atoms with Crippen LogP contribution in [0.1, 0.15) is 18.1 Å². The van der Waals surface area contributed by atoms with E-state index in [9.17, 15) is 9.59 Å². The second-order valence-electron chi connectivity index (χ2n) is 9.67. The molecule has 0 spiro atoms. The molecule has 5 aromatic rings. The third-order valence-electron chi connectivity index (χ3n) is 6.76. The van der Waals surface area contributed by atoms with Gasteiger partial charge in [-0.1, -0.05) is 35.9 Å². The highest BCUT2D eigenvalue weighted by atomic mass is 35.5. The van der Waals surface area contributed by atoms with E-state index in [2.05, 4.69) is 5.10 Å². The normalized spacial score (nSPS) is 11.2. The van der Waals surface area contributed by atoms with Gasteiger partial charge in [-0.05, 0) is 78.7 Å². The van der Waals surface area contributed by atoms with E-state index >= 15 is 0 Å². The van der Waals surface area contributed by atoms with E-state index in [1.54, 1.807) is 84.9 Å². The summed E-state index contributed by atoms with van der Waals surface area (Å²) >= 11 is 5.93. The monoisotopic (exact) mass is 639 g/mol. The Balaban J connectivity index is 1.51. The van der Waals surface area contributed by atoms with Crippen LogP contribution in [0.2, 0.25) is 5.02 Å². The lowest BCUT2D eigenvalue weighted by Gasteiger charge is -2.15. The SMILES string of the molecule is CCOc1cc(C=Nn2c(-c3cc(OC)c(OC)c(OC)c3)nc3ccccc3c2=O)ccc1OC(=O)/C=C/c1ccc(Cl)cc1. The minimum absolute atomic E-state index is 0.229. The maximum Gasteiger partial charge on any atom is 0.336 e. The molecular weight excluding hydrogens is 610 g/mol. The van der Waals surface area contributed by atoms with Gasteiger partial charge in [-0.25, -0.2) is 9.78 Å². The molecule has 0 saturated heterocycles. The second-order valence-corrected chi connectivity index (χ2v) is 10.1. The van der Waals surface area contributed by atoms with Crippen LogP contribution in [0, 0.1) is 0 Å². The van der Waals surface area contributed by atoms with Crippen molar-refractivity contribution < 1.29 is 28.5 Å². The lowest BCUT2D eigenvalue weighted by Crippen LogP contribution is -2.20. The molecule has 0 aliphatic rings. The number of fused-ring (bicyclic) bond motifs is 1. The average molecular weight is 640 g/mol. The van der Waals surface area contributed by atoms with E-state index in [4.69, 9.17) is 40.3 Å². The molecule has 10 nitrogen and oxygen atoms in total. The zero-order valence-corrected chi connectivity index (χ0v) is 26.3. The highest BCUT2D eigenvalue weighted by molar-refractivity contribution is 6.30. The van der Waals surface area contributed by atoms with Gasteiger partial charge in [0.2, 0.25) is 5.75 Å². The largest absolute Gasteiger partial charge is 0.493 e. The van der Waals surface area contributed by atoms with Gasteiger partial charge in [0.05, 0.1) is 45.1 Å². The molecule has 1 aromatic heterocycles. The first-order valence-electron chi connectivity index (χ1n) is 14.1. The minimum Gasteiger partial charge on any atom is -0.493 e. The van der Waals surface area contributed by atoms with E-state index in [1.807, 2.05) is 6.92 Å². The number of nitrogens with zero attached hydrogens (tertiary/aromatic N) is 3. The van der Waals surface area contributed by atoms with Crippen molar-refractivity contribution in [1.82, 2.24) is 9.66 Å². The van der Waals surface area contributed by atoms with Gasteiger partial charge in [-0.15, -0.1) is 0 Å². The summed E-state index contributed by atoms with van der Waals surface area (Å²) in [5.41, 5.74) is 2.00. The molecule has 0 aliphatic heterocycles. The third-order valence-corrected chi connectivity index (χ3v) is 7.01. The van der Waals surface area contributed by atoms with Crippen LogP contribution in [0.5, 0.6) is 28.7 Å². The van der Waals surface area contributed by atoms with Gasteiger partial charge in [0.1, 0.15) is 0 Å². The number of methoxy groups -OCH3 is 3. The lowest BCUT2D eigenvalue weighted by atomic mass is 10.1. The Morgan fingerprint density at radius 2 is 1.57 bits per heavy atom. The number of rotatable bonds is 11. The van der Waals surface area contributed by atoms with Gasteiger partial charge in [0.15, 0.2) is 28.8 Å². The van der Waals surface area contributed by atoms with Crippen molar-refractivity contribution in [3.8, 4) is 40.1 Å². The number of hydrogen-bond donors (Lipinski definition) is 0. The summed E-state index contributed by atoms with van der Waals surface area (Å²) < 4.78 is 29.0. The molecule has 0 atom stereocenters. The van der Waals surface area contributed by atoms with Crippen molar-refractivity contribution >= 4 is 40.8 Å². The Hall–Kier alpha value is -5.61. The number of aromatic nitrogens is 2. The van der Waals surface area contributed by atoms with Gasteiger partial charge < -0.3 is 23.7 Å². The number of ether oxygens (including phenoxy) is 5. The summed E-state index contributed by atoms with van der Waals surface area (Å²) in [4.78, 5) is 31.1. The number of benzene rings is 4. The van der Waals surface area contributed by atoms with Crippen molar-refractivity contribution in [2.24, 2.45) is 5.10 Å². The van der Waals surface area contributed by atoms with Crippen LogP contribution in [-0.2, 0) is 4.79 Å². The molecule has 0 bridgehead atoms. The molecular formula is C35H30ClN3O7. The van der Waals surface area contributed by atoms with Gasteiger partial charge in [-0.2, -0.15) is 9.78 Å². The van der Waals surface area contributed by atoms with Crippen LogP contribution in [-0.4, -0.2) is 49.8 Å². The zero-order valence-electron chi connectivity index (χ0n) is 25.5. The van der Waals surface area contributed by atoms with Crippen molar-refractivity contribution in [2.45, 2.75) is 6.92 Å². The molecule has 1 heterocycles. The molecule has 0 fully saturated rings. The topological polar surface area (TPSA) is 110 Å². The molecule has 0 radical (unpaired) electrons. The van der Waals surface area contributed by atoms with Crippen LogP contribution in [0.4, 0.5) is 0 Å².